The monoisotopic (exact) mass is 224 g/mol. The zero-order valence-corrected chi connectivity index (χ0v) is 9.31. The predicted molar refractivity (Wildman–Crippen MR) is 59.3 cm³/mol. The molecule has 0 atom stereocenters. The molecule has 0 unspecified atom stereocenters. The van der Waals surface area contributed by atoms with E-state index in [0.29, 0.717) is 0 Å². The first-order chi connectivity index (χ1) is 7.74. The van der Waals surface area contributed by atoms with Gasteiger partial charge in [0.1, 0.15) is 12.4 Å². The van der Waals surface area contributed by atoms with Gasteiger partial charge in [0.05, 0.1) is 19.6 Å². The summed E-state index contributed by atoms with van der Waals surface area (Å²) in [6.45, 7) is 2.13. The molecule has 0 aromatic heterocycles. The molecule has 0 aliphatic heterocycles. The van der Waals surface area contributed by atoms with Crippen LogP contribution in [0.5, 0.6) is 5.75 Å². The van der Waals surface area contributed by atoms with Gasteiger partial charge in [-0.1, -0.05) is 18.2 Å². The van der Waals surface area contributed by atoms with Gasteiger partial charge in [-0.2, -0.15) is 0 Å². The molecule has 4 heteroatoms. The normalized spacial score (nSPS) is 9.88. The van der Waals surface area contributed by atoms with Crippen LogP contribution in [0.2, 0.25) is 0 Å². The van der Waals surface area contributed by atoms with Crippen molar-refractivity contribution in [1.29, 1.82) is 0 Å². The average Bonchev–Trinajstić information content (AvgIpc) is 2.29. The molecule has 1 aromatic carbocycles. The van der Waals surface area contributed by atoms with E-state index in [2.05, 4.69) is 0 Å². The fourth-order valence-electron chi connectivity index (χ4n) is 1.19. The molecule has 0 radical (unpaired) electrons. The predicted octanol–water partition coefficient (Wildman–Crippen LogP) is 1.30. The van der Waals surface area contributed by atoms with Gasteiger partial charge in [-0.3, -0.25) is 4.79 Å². The third-order valence-corrected chi connectivity index (χ3v) is 2.01. The number of benzene rings is 1. The Morgan fingerprint density at radius 3 is 2.75 bits per heavy atom. The van der Waals surface area contributed by atoms with Crippen molar-refractivity contribution in [2.45, 2.75) is 13.3 Å². The van der Waals surface area contributed by atoms with E-state index in [1.165, 1.54) is 0 Å². The molecule has 1 N–H and O–H groups in total. The highest BCUT2D eigenvalue weighted by Gasteiger charge is 2.03. The third-order valence-electron chi connectivity index (χ3n) is 2.01. The lowest BCUT2D eigenvalue weighted by molar-refractivity contribution is -0.145. The molecule has 0 saturated heterocycles. The van der Waals surface area contributed by atoms with Crippen molar-refractivity contribution in [3.8, 4) is 5.75 Å². The standard InChI is InChI=1S/C12H16O4/c1-10-4-2-3-5-11(10)15-8-6-12(14)16-9-7-13/h2-5,13H,6-9H2,1H3. The van der Waals surface area contributed by atoms with Crippen molar-refractivity contribution < 1.29 is 19.4 Å². The highest BCUT2D eigenvalue weighted by Crippen LogP contribution is 2.16. The molecule has 0 fully saturated rings. The molecule has 88 valence electrons. The van der Waals surface area contributed by atoms with Crippen LogP contribution in [-0.4, -0.2) is 30.9 Å². The molecule has 0 amide bonds. The third kappa shape index (κ3) is 4.31. The van der Waals surface area contributed by atoms with Crippen LogP contribution in [0.15, 0.2) is 24.3 Å². The van der Waals surface area contributed by atoms with Crippen LogP contribution in [-0.2, 0) is 9.53 Å². The van der Waals surface area contributed by atoms with Crippen molar-refractivity contribution in [2.24, 2.45) is 0 Å². The first-order valence-electron chi connectivity index (χ1n) is 5.19. The quantitative estimate of drug-likeness (QED) is 0.740. The maximum absolute atomic E-state index is 11.1. The summed E-state index contributed by atoms with van der Waals surface area (Å²) < 4.78 is 10.1. The second-order valence-electron chi connectivity index (χ2n) is 3.31. The van der Waals surface area contributed by atoms with Crippen LogP contribution in [0.4, 0.5) is 0 Å². The van der Waals surface area contributed by atoms with E-state index in [-0.39, 0.29) is 32.2 Å². The van der Waals surface area contributed by atoms with Crippen LogP contribution in [0.1, 0.15) is 12.0 Å². The molecule has 1 rings (SSSR count). The second kappa shape index (κ2) is 6.85. The van der Waals surface area contributed by atoms with Gasteiger partial charge < -0.3 is 14.6 Å². The van der Waals surface area contributed by atoms with Gasteiger partial charge in [0.2, 0.25) is 0 Å². The van der Waals surface area contributed by atoms with Crippen molar-refractivity contribution in [3.05, 3.63) is 29.8 Å². The van der Waals surface area contributed by atoms with E-state index in [0.717, 1.165) is 11.3 Å². The van der Waals surface area contributed by atoms with Gasteiger partial charge in [-0.25, -0.2) is 0 Å². The topological polar surface area (TPSA) is 55.8 Å². The Hall–Kier alpha value is -1.55. The lowest BCUT2D eigenvalue weighted by Gasteiger charge is -2.08. The van der Waals surface area contributed by atoms with E-state index in [9.17, 15) is 4.79 Å². The van der Waals surface area contributed by atoms with Crippen molar-refractivity contribution in [2.75, 3.05) is 19.8 Å². The van der Waals surface area contributed by atoms with Crippen molar-refractivity contribution in [3.63, 3.8) is 0 Å². The number of para-hydroxylation sites is 1. The molecular formula is C12H16O4. The zero-order valence-electron chi connectivity index (χ0n) is 9.31. The Bertz CT molecular complexity index is 336. The summed E-state index contributed by atoms with van der Waals surface area (Å²) in [4.78, 5) is 11.1. The molecular weight excluding hydrogens is 208 g/mol. The molecule has 0 spiro atoms. The van der Waals surface area contributed by atoms with Crippen LogP contribution in [0.25, 0.3) is 0 Å². The maximum atomic E-state index is 11.1. The van der Waals surface area contributed by atoms with E-state index >= 15 is 0 Å². The molecule has 0 aliphatic rings. The molecule has 1 aromatic rings. The molecule has 0 saturated carbocycles. The van der Waals surface area contributed by atoms with Gasteiger partial charge in [-0.05, 0) is 18.6 Å². The number of hydrogen-bond donors (Lipinski definition) is 1. The van der Waals surface area contributed by atoms with Crippen molar-refractivity contribution in [1.82, 2.24) is 0 Å². The first-order valence-corrected chi connectivity index (χ1v) is 5.19. The minimum absolute atomic E-state index is 0.0448. The van der Waals surface area contributed by atoms with E-state index in [1.807, 2.05) is 31.2 Å². The summed E-state index contributed by atoms with van der Waals surface area (Å²) in [5.74, 6) is 0.417. The SMILES string of the molecule is Cc1ccccc1OCCC(=O)OCCO. The highest BCUT2D eigenvalue weighted by atomic mass is 16.5. The average molecular weight is 224 g/mol. The Morgan fingerprint density at radius 2 is 2.06 bits per heavy atom. The van der Waals surface area contributed by atoms with Crippen LogP contribution in [0, 0.1) is 6.92 Å². The number of hydrogen-bond acceptors (Lipinski definition) is 4. The number of esters is 1. The Labute approximate surface area is 94.8 Å². The molecule has 0 heterocycles. The van der Waals surface area contributed by atoms with Gasteiger partial charge in [-0.15, -0.1) is 0 Å². The van der Waals surface area contributed by atoms with Gasteiger partial charge in [0.15, 0.2) is 0 Å². The summed E-state index contributed by atoms with van der Waals surface area (Å²) in [5.41, 5.74) is 1.03. The fraction of sp³-hybridized carbons (Fsp3) is 0.417. The number of aliphatic hydroxyl groups excluding tert-OH is 1. The number of aliphatic hydroxyl groups is 1. The van der Waals surface area contributed by atoms with E-state index in [1.54, 1.807) is 0 Å². The molecule has 16 heavy (non-hydrogen) atoms. The van der Waals surface area contributed by atoms with Crippen molar-refractivity contribution >= 4 is 5.97 Å². The van der Waals surface area contributed by atoms with Crippen LogP contribution >= 0.6 is 0 Å². The number of carbonyl (C=O) groups is 1. The van der Waals surface area contributed by atoms with Gasteiger partial charge in [0.25, 0.3) is 0 Å². The highest BCUT2D eigenvalue weighted by molar-refractivity contribution is 5.69. The molecule has 4 nitrogen and oxygen atoms in total. The van der Waals surface area contributed by atoms with E-state index < -0.39 is 0 Å². The number of ether oxygens (including phenoxy) is 2. The lowest BCUT2D eigenvalue weighted by Crippen LogP contribution is -2.12. The summed E-state index contributed by atoms with van der Waals surface area (Å²) in [6, 6.07) is 7.61. The summed E-state index contributed by atoms with van der Waals surface area (Å²) in [6.07, 6.45) is 0.189. The lowest BCUT2D eigenvalue weighted by atomic mass is 10.2. The smallest absolute Gasteiger partial charge is 0.309 e. The second-order valence-corrected chi connectivity index (χ2v) is 3.31. The maximum Gasteiger partial charge on any atom is 0.309 e. The fourth-order valence-corrected chi connectivity index (χ4v) is 1.19. The van der Waals surface area contributed by atoms with Crippen LogP contribution in [0.3, 0.4) is 0 Å². The molecule has 0 aliphatic carbocycles. The number of rotatable bonds is 6. The van der Waals surface area contributed by atoms with Crippen LogP contribution < -0.4 is 4.74 Å². The summed E-state index contributed by atoms with van der Waals surface area (Å²) in [7, 11) is 0. The zero-order chi connectivity index (χ0) is 11.8. The summed E-state index contributed by atoms with van der Waals surface area (Å²) in [5, 5.41) is 8.45. The Balaban J connectivity index is 2.25. The van der Waals surface area contributed by atoms with Gasteiger partial charge >= 0.3 is 5.97 Å². The Morgan fingerprint density at radius 1 is 1.31 bits per heavy atom. The minimum atomic E-state index is -0.359. The number of carbonyl (C=O) groups excluding carboxylic acids is 1. The largest absolute Gasteiger partial charge is 0.493 e. The number of aryl methyl sites for hydroxylation is 1. The van der Waals surface area contributed by atoms with Gasteiger partial charge in [0, 0.05) is 0 Å². The minimum Gasteiger partial charge on any atom is -0.493 e. The summed E-state index contributed by atoms with van der Waals surface area (Å²) >= 11 is 0. The Kier molecular flexibility index (Phi) is 5.36. The van der Waals surface area contributed by atoms with E-state index in [4.69, 9.17) is 14.6 Å². The molecule has 0 bridgehead atoms. The first kappa shape index (κ1) is 12.5.